The lowest BCUT2D eigenvalue weighted by atomic mass is 9.97. The molecule has 2 rings (SSSR count). The van der Waals surface area contributed by atoms with Crippen molar-refractivity contribution in [1.29, 1.82) is 0 Å². The number of nitrogens with zero attached hydrogens (tertiary/aromatic N) is 1. The average Bonchev–Trinajstić information content (AvgIpc) is 2.88. The van der Waals surface area contributed by atoms with E-state index in [9.17, 15) is 9.59 Å². The van der Waals surface area contributed by atoms with Crippen LogP contribution in [0.3, 0.4) is 0 Å². The normalized spacial score (nSPS) is 20.3. The van der Waals surface area contributed by atoms with Gasteiger partial charge < -0.3 is 19.7 Å². The number of ether oxygens (including phenoxy) is 2. The summed E-state index contributed by atoms with van der Waals surface area (Å²) < 4.78 is 10.2. The maximum absolute atomic E-state index is 12.6. The van der Waals surface area contributed by atoms with Crippen molar-refractivity contribution in [3.63, 3.8) is 0 Å². The van der Waals surface area contributed by atoms with E-state index in [1.165, 1.54) is 0 Å². The van der Waals surface area contributed by atoms with Crippen LogP contribution in [0.5, 0.6) is 5.75 Å². The maximum atomic E-state index is 12.6. The van der Waals surface area contributed by atoms with E-state index in [1.807, 2.05) is 31.2 Å². The summed E-state index contributed by atoms with van der Waals surface area (Å²) in [5, 5.41) is 2.92. The minimum absolute atomic E-state index is 0.00682. The molecule has 1 atom stereocenters. The smallest absolute Gasteiger partial charge is 0.245 e. The van der Waals surface area contributed by atoms with Crippen LogP contribution >= 0.6 is 0 Å². The van der Waals surface area contributed by atoms with Gasteiger partial charge in [0.05, 0.1) is 7.11 Å². The van der Waals surface area contributed by atoms with Gasteiger partial charge in [-0.2, -0.15) is 0 Å². The largest absolute Gasteiger partial charge is 0.497 e. The molecule has 1 fully saturated rings. The molecule has 6 heteroatoms. The van der Waals surface area contributed by atoms with E-state index in [-0.39, 0.29) is 11.8 Å². The first-order valence-electron chi connectivity index (χ1n) is 8.22. The quantitative estimate of drug-likeness (QED) is 0.735. The Bertz CT molecular complexity index is 590. The first-order chi connectivity index (χ1) is 11.5. The van der Waals surface area contributed by atoms with Crippen molar-refractivity contribution < 1.29 is 19.1 Å². The number of amides is 2. The molecular weight excluding hydrogens is 308 g/mol. The van der Waals surface area contributed by atoms with Crippen LogP contribution in [0, 0.1) is 0 Å². The van der Waals surface area contributed by atoms with E-state index in [1.54, 1.807) is 19.1 Å². The molecule has 6 nitrogen and oxygen atoms in total. The average molecular weight is 334 g/mol. The predicted molar refractivity (Wildman–Crippen MR) is 90.7 cm³/mol. The highest BCUT2D eigenvalue weighted by Gasteiger charge is 2.46. The molecule has 1 aliphatic rings. The van der Waals surface area contributed by atoms with Gasteiger partial charge in [-0.15, -0.1) is 0 Å². The highest BCUT2D eigenvalue weighted by atomic mass is 16.5. The van der Waals surface area contributed by atoms with Crippen molar-refractivity contribution in [3.8, 4) is 5.75 Å². The second-order valence-electron chi connectivity index (χ2n) is 6.21. The van der Waals surface area contributed by atoms with Gasteiger partial charge >= 0.3 is 0 Å². The number of hydrogen-bond donors (Lipinski definition) is 1. The lowest BCUT2D eigenvalue weighted by Crippen LogP contribution is -2.54. The third-order valence-corrected chi connectivity index (χ3v) is 4.50. The molecule has 0 aromatic heterocycles. The van der Waals surface area contributed by atoms with Crippen molar-refractivity contribution in [2.75, 3.05) is 27.4 Å². The number of hydrogen-bond acceptors (Lipinski definition) is 4. The summed E-state index contributed by atoms with van der Waals surface area (Å²) in [7, 11) is 3.24. The van der Waals surface area contributed by atoms with Crippen molar-refractivity contribution in [3.05, 3.63) is 29.8 Å². The Morgan fingerprint density at radius 3 is 2.88 bits per heavy atom. The molecule has 1 N–H and O–H groups in total. The van der Waals surface area contributed by atoms with E-state index in [4.69, 9.17) is 9.47 Å². The van der Waals surface area contributed by atoms with Gasteiger partial charge in [-0.25, -0.2) is 0 Å². The Balaban J connectivity index is 2.07. The molecule has 24 heavy (non-hydrogen) atoms. The molecule has 132 valence electrons. The van der Waals surface area contributed by atoms with Crippen molar-refractivity contribution in [2.45, 2.75) is 38.3 Å². The van der Waals surface area contributed by atoms with Crippen molar-refractivity contribution in [1.82, 2.24) is 10.2 Å². The van der Waals surface area contributed by atoms with Crippen LogP contribution in [0.15, 0.2) is 24.3 Å². The van der Waals surface area contributed by atoms with E-state index >= 15 is 0 Å². The fourth-order valence-electron chi connectivity index (χ4n) is 2.96. The maximum Gasteiger partial charge on any atom is 0.245 e. The van der Waals surface area contributed by atoms with Gasteiger partial charge in [-0.3, -0.25) is 9.59 Å². The van der Waals surface area contributed by atoms with Crippen LogP contribution in [-0.4, -0.2) is 49.6 Å². The van der Waals surface area contributed by atoms with Gasteiger partial charge in [-0.05, 0) is 37.5 Å². The topological polar surface area (TPSA) is 67.9 Å². The minimum Gasteiger partial charge on any atom is -0.497 e. The van der Waals surface area contributed by atoms with Crippen LogP contribution in [-0.2, 0) is 20.9 Å². The second kappa shape index (κ2) is 8.15. The fourth-order valence-corrected chi connectivity index (χ4v) is 2.96. The van der Waals surface area contributed by atoms with Crippen LogP contribution in [0.2, 0.25) is 0 Å². The monoisotopic (exact) mass is 334 g/mol. The van der Waals surface area contributed by atoms with Crippen molar-refractivity contribution >= 4 is 11.8 Å². The number of nitrogens with one attached hydrogen (secondary N) is 1. The van der Waals surface area contributed by atoms with Crippen LogP contribution in [0.4, 0.5) is 0 Å². The second-order valence-corrected chi connectivity index (χ2v) is 6.21. The molecule has 1 saturated heterocycles. The summed E-state index contributed by atoms with van der Waals surface area (Å²) in [5.41, 5.74) is 0.135. The van der Waals surface area contributed by atoms with Crippen LogP contribution < -0.4 is 10.1 Å². The van der Waals surface area contributed by atoms with Gasteiger partial charge in [-0.1, -0.05) is 12.1 Å². The molecule has 1 aromatic rings. The number of benzene rings is 1. The third kappa shape index (κ3) is 4.06. The zero-order chi connectivity index (χ0) is 17.6. The van der Waals surface area contributed by atoms with E-state index in [0.29, 0.717) is 32.5 Å². The molecule has 1 aromatic carbocycles. The molecule has 1 aliphatic heterocycles. The minimum atomic E-state index is -0.812. The van der Waals surface area contributed by atoms with E-state index < -0.39 is 5.54 Å². The Morgan fingerprint density at radius 1 is 1.38 bits per heavy atom. The summed E-state index contributed by atoms with van der Waals surface area (Å²) in [5.74, 6) is 0.643. The van der Waals surface area contributed by atoms with Gasteiger partial charge in [0.25, 0.3) is 0 Å². The molecule has 1 heterocycles. The summed E-state index contributed by atoms with van der Waals surface area (Å²) in [6, 6.07) is 7.57. The standard InChI is InChI=1S/C18H26N2O4/c1-18(17(22)19-10-5-11-23-2)9-8-16(21)20(18)13-14-6-4-7-15(12-14)24-3/h4,6-7,12H,5,8-11,13H2,1-3H3,(H,19,22)/t18-/m0/s1. The lowest BCUT2D eigenvalue weighted by molar-refractivity contribution is -0.141. The summed E-state index contributed by atoms with van der Waals surface area (Å²) >= 11 is 0. The van der Waals surface area contributed by atoms with Gasteiger partial charge in [0.2, 0.25) is 11.8 Å². The Hall–Kier alpha value is -2.08. The third-order valence-electron chi connectivity index (χ3n) is 4.50. The first-order valence-corrected chi connectivity index (χ1v) is 8.22. The van der Waals surface area contributed by atoms with Gasteiger partial charge in [0.1, 0.15) is 11.3 Å². The molecule has 0 radical (unpaired) electrons. The Kier molecular flexibility index (Phi) is 6.20. The lowest BCUT2D eigenvalue weighted by Gasteiger charge is -2.34. The molecule has 0 bridgehead atoms. The van der Waals surface area contributed by atoms with Crippen LogP contribution in [0.25, 0.3) is 0 Å². The number of carbonyl (C=O) groups excluding carboxylic acids is 2. The van der Waals surface area contributed by atoms with Crippen molar-refractivity contribution in [2.24, 2.45) is 0 Å². The first kappa shape index (κ1) is 18.3. The molecule has 0 unspecified atom stereocenters. The highest BCUT2D eigenvalue weighted by Crippen LogP contribution is 2.32. The van der Waals surface area contributed by atoms with Gasteiger partial charge in [0, 0.05) is 33.2 Å². The number of methoxy groups -OCH3 is 2. The van der Waals surface area contributed by atoms with E-state index in [2.05, 4.69) is 5.32 Å². The SMILES string of the molecule is COCCCNC(=O)[C@]1(C)CCC(=O)N1Cc1cccc(OC)c1. The zero-order valence-electron chi connectivity index (χ0n) is 14.6. The number of carbonyl (C=O) groups is 2. The molecule has 0 aliphatic carbocycles. The number of likely N-dealkylation sites (tertiary alicyclic amines) is 1. The predicted octanol–water partition coefficient (Wildman–Crippen LogP) is 1.73. The van der Waals surface area contributed by atoms with E-state index in [0.717, 1.165) is 17.7 Å². The Labute approximate surface area is 143 Å². The summed E-state index contributed by atoms with van der Waals surface area (Å²) in [6.07, 6.45) is 1.68. The fraction of sp³-hybridized carbons (Fsp3) is 0.556. The summed E-state index contributed by atoms with van der Waals surface area (Å²) in [6.45, 7) is 3.38. The molecule has 0 saturated carbocycles. The highest BCUT2D eigenvalue weighted by molar-refractivity contribution is 5.94. The number of rotatable bonds is 8. The molecule has 0 spiro atoms. The molecular formula is C18H26N2O4. The zero-order valence-corrected chi connectivity index (χ0v) is 14.6. The van der Waals surface area contributed by atoms with Crippen LogP contribution in [0.1, 0.15) is 31.7 Å². The van der Waals surface area contributed by atoms with Gasteiger partial charge in [0.15, 0.2) is 0 Å². The summed E-state index contributed by atoms with van der Waals surface area (Å²) in [4.78, 5) is 26.6. The Morgan fingerprint density at radius 2 is 2.17 bits per heavy atom. The molecule has 2 amide bonds.